The van der Waals surface area contributed by atoms with Crippen LogP contribution < -0.4 is 11.2 Å². The van der Waals surface area contributed by atoms with Crippen molar-refractivity contribution in [2.45, 2.75) is 0 Å². The Morgan fingerprint density at radius 2 is 2.12 bits per heavy atom. The molecule has 2 amide bonds. The van der Waals surface area contributed by atoms with E-state index in [0.717, 1.165) is 0 Å². The Bertz CT molecular complexity index is 90.7. The minimum absolute atomic E-state index is 0. The number of carbonyl (C=O) groups excluding carboxylic acids is 1. The van der Waals surface area contributed by atoms with Crippen LogP contribution in [0.4, 0.5) is 4.79 Å². The molecule has 0 bridgehead atoms. The molecule has 3 N–H and O–H groups in total. The van der Waals surface area contributed by atoms with E-state index in [0.29, 0.717) is 0 Å². The fourth-order valence-electron chi connectivity index (χ4n) is 0.0900. The molecule has 0 fully saturated rings. The fraction of sp³-hybridized carbons (Fsp3) is 0. The van der Waals surface area contributed by atoms with Crippen LogP contribution in [0.2, 0.25) is 0 Å². The van der Waals surface area contributed by atoms with Crippen molar-refractivity contribution in [1.29, 1.82) is 0 Å². The number of nitrogens with one attached hydrogen (secondary N) is 1. The van der Waals surface area contributed by atoms with E-state index in [2.05, 4.69) is 5.73 Å². The molecule has 0 aromatic carbocycles. The quantitative estimate of drug-likeness (QED) is 0.248. The third kappa shape index (κ3) is 9.18. The Kier molecular flexibility index (Phi) is 6.39. The average Bonchev–Trinajstić information content (AvgIpc) is 1.27. The van der Waals surface area contributed by atoms with Crippen molar-refractivity contribution in [2.75, 3.05) is 0 Å². The van der Waals surface area contributed by atoms with Crippen LogP contribution in [-0.2, 0) is 0 Å². The van der Waals surface area contributed by atoms with Crippen LogP contribution in [0.5, 0.6) is 0 Å². The number of hydrogen-bond acceptors (Lipinski definition) is 3. The first-order valence-electron chi connectivity index (χ1n) is 1.33. The van der Waals surface area contributed by atoms with E-state index in [9.17, 15) is 14.9 Å². The summed E-state index contributed by atoms with van der Waals surface area (Å²) in [5.41, 5.74) is 5.47. The van der Waals surface area contributed by atoms with E-state index in [1.54, 1.807) is 0 Å². The first-order valence-corrected chi connectivity index (χ1v) is 1.33. The maximum absolute atomic E-state index is 9.48. The van der Waals surface area contributed by atoms with Crippen LogP contribution in [0, 0.1) is 10.1 Å². The zero-order chi connectivity index (χ0) is 5.86. The summed E-state index contributed by atoms with van der Waals surface area (Å²) < 4.78 is 0. The average molecular weight is 129 g/mol. The molecule has 0 rings (SSSR count). The van der Waals surface area contributed by atoms with Gasteiger partial charge in [0.15, 0.2) is 5.03 Å². The SMILES string of the molecule is NC(=O)N[N+](=O)[O-].[NaH]. The van der Waals surface area contributed by atoms with Gasteiger partial charge in [0.25, 0.3) is 0 Å². The molecule has 0 saturated heterocycles. The number of hydrogen-bond donors (Lipinski definition) is 2. The Morgan fingerprint density at radius 1 is 1.75 bits per heavy atom. The number of rotatable bonds is 1. The third-order valence-corrected chi connectivity index (χ3v) is 0.201. The van der Waals surface area contributed by atoms with E-state index in [1.165, 1.54) is 5.43 Å². The number of hydrazine groups is 1. The van der Waals surface area contributed by atoms with Gasteiger partial charge in [0.05, 0.1) is 0 Å². The minimum atomic E-state index is -1.16. The van der Waals surface area contributed by atoms with Crippen LogP contribution in [-0.4, -0.2) is 40.6 Å². The molecule has 0 aliphatic heterocycles. The summed E-state index contributed by atoms with van der Waals surface area (Å²) in [5.74, 6) is 0. The standard InChI is InChI=1S/CH3N3O3.Na.H/c2-1(5)3-4(6)7;;/h(H3,2,3,5);;. The number of urea groups is 1. The molecule has 0 radical (unpaired) electrons. The van der Waals surface area contributed by atoms with E-state index < -0.39 is 11.1 Å². The Labute approximate surface area is 66.8 Å². The summed E-state index contributed by atoms with van der Waals surface area (Å²) in [5, 5.41) is 8.18. The van der Waals surface area contributed by atoms with Crippen LogP contribution in [0.25, 0.3) is 0 Å². The molecule has 0 aromatic rings. The molecule has 0 aliphatic carbocycles. The van der Waals surface area contributed by atoms with Gasteiger partial charge in [0.1, 0.15) is 0 Å². The molecule has 0 unspecified atom stereocenters. The predicted molar refractivity (Wildman–Crippen MR) is 26.9 cm³/mol. The van der Waals surface area contributed by atoms with Crippen molar-refractivity contribution in [2.24, 2.45) is 5.73 Å². The monoisotopic (exact) mass is 129 g/mol. The van der Waals surface area contributed by atoms with Gasteiger partial charge in [-0.2, -0.15) is 0 Å². The number of nitrogens with two attached hydrogens (primary N) is 1. The van der Waals surface area contributed by atoms with Crippen LogP contribution in [0.15, 0.2) is 0 Å². The molecule has 6 nitrogen and oxygen atoms in total. The Balaban J connectivity index is 0. The molecule has 8 heavy (non-hydrogen) atoms. The van der Waals surface area contributed by atoms with Crippen LogP contribution >= 0.6 is 0 Å². The second-order valence-electron chi connectivity index (χ2n) is 0.733. The van der Waals surface area contributed by atoms with E-state index in [4.69, 9.17) is 0 Å². The van der Waals surface area contributed by atoms with Gasteiger partial charge < -0.3 is 5.73 Å². The summed E-state index contributed by atoms with van der Waals surface area (Å²) in [6, 6.07) is -1.16. The number of primary amides is 1. The van der Waals surface area contributed by atoms with Gasteiger partial charge in [-0.3, -0.25) is 0 Å². The number of nitro groups is 1. The summed E-state index contributed by atoms with van der Waals surface area (Å²) in [6.07, 6.45) is 0. The van der Waals surface area contributed by atoms with E-state index >= 15 is 0 Å². The van der Waals surface area contributed by atoms with Crippen LogP contribution in [0.3, 0.4) is 0 Å². The molecule has 42 valence electrons. The van der Waals surface area contributed by atoms with Crippen molar-refractivity contribution in [3.63, 3.8) is 0 Å². The van der Waals surface area contributed by atoms with Crippen molar-refractivity contribution in [1.82, 2.24) is 5.43 Å². The second-order valence-corrected chi connectivity index (χ2v) is 0.733. The summed E-state index contributed by atoms with van der Waals surface area (Å²) in [7, 11) is 0. The molecule has 0 aliphatic rings. The van der Waals surface area contributed by atoms with Crippen molar-refractivity contribution >= 4 is 35.6 Å². The number of carbonyl (C=O) groups is 1. The Morgan fingerprint density at radius 3 is 2.12 bits per heavy atom. The summed E-state index contributed by atoms with van der Waals surface area (Å²) >= 11 is 0. The first kappa shape index (κ1) is 10.6. The number of amides is 2. The zero-order valence-corrected chi connectivity index (χ0v) is 3.25. The fourth-order valence-corrected chi connectivity index (χ4v) is 0.0900. The van der Waals surface area contributed by atoms with E-state index in [1.807, 2.05) is 0 Å². The molecular formula is CH4N3NaO3. The van der Waals surface area contributed by atoms with E-state index in [-0.39, 0.29) is 29.6 Å². The number of nitrogens with zero attached hydrogens (tertiary/aromatic N) is 1. The van der Waals surface area contributed by atoms with Gasteiger partial charge in [-0.25, -0.2) is 14.9 Å². The van der Waals surface area contributed by atoms with Crippen molar-refractivity contribution in [3.8, 4) is 0 Å². The van der Waals surface area contributed by atoms with Gasteiger partial charge >= 0.3 is 35.6 Å². The molecular weight excluding hydrogens is 125 g/mol. The molecule has 0 heterocycles. The summed E-state index contributed by atoms with van der Waals surface area (Å²) in [6.45, 7) is 0. The molecule has 0 spiro atoms. The summed E-state index contributed by atoms with van der Waals surface area (Å²) in [4.78, 5) is 18.7. The second kappa shape index (κ2) is 4.82. The molecule has 0 saturated carbocycles. The molecule has 0 aromatic heterocycles. The first-order chi connectivity index (χ1) is 3.13. The van der Waals surface area contributed by atoms with Gasteiger partial charge in [-0.1, -0.05) is 5.43 Å². The molecule has 7 heteroatoms. The van der Waals surface area contributed by atoms with Gasteiger partial charge in [0.2, 0.25) is 0 Å². The van der Waals surface area contributed by atoms with Crippen molar-refractivity contribution < 1.29 is 9.83 Å². The zero-order valence-electron chi connectivity index (χ0n) is 3.25. The third-order valence-electron chi connectivity index (χ3n) is 0.201. The van der Waals surface area contributed by atoms with Crippen molar-refractivity contribution in [3.05, 3.63) is 10.1 Å². The normalized spacial score (nSPS) is 6.50. The maximum atomic E-state index is 9.48. The van der Waals surface area contributed by atoms with Gasteiger partial charge in [-0.05, 0) is 0 Å². The Hall–Kier alpha value is -0.330. The van der Waals surface area contributed by atoms with Gasteiger partial charge in [0, 0.05) is 0 Å². The predicted octanol–water partition coefficient (Wildman–Crippen LogP) is -1.80. The molecule has 0 atom stereocenters. The van der Waals surface area contributed by atoms with Gasteiger partial charge in [-0.15, -0.1) is 0 Å². The topological polar surface area (TPSA) is 98.3 Å². The van der Waals surface area contributed by atoms with Crippen LogP contribution in [0.1, 0.15) is 0 Å².